The summed E-state index contributed by atoms with van der Waals surface area (Å²) in [5.74, 6) is -0.807. The molecule has 0 aliphatic carbocycles. The average molecular weight is 424 g/mol. The van der Waals surface area contributed by atoms with Crippen molar-refractivity contribution in [1.82, 2.24) is 10.3 Å². The molecule has 1 aliphatic heterocycles. The number of H-pyrrole nitrogens is 1. The van der Waals surface area contributed by atoms with Crippen LogP contribution in [0.4, 0.5) is 15.8 Å². The van der Waals surface area contributed by atoms with E-state index in [0.29, 0.717) is 36.1 Å². The molecule has 0 radical (unpaired) electrons. The Balaban J connectivity index is 1.60. The Bertz CT molecular complexity index is 1240. The molecule has 0 spiro atoms. The van der Waals surface area contributed by atoms with Gasteiger partial charge >= 0.3 is 0 Å². The van der Waals surface area contributed by atoms with Crippen LogP contribution in [0, 0.1) is 22.9 Å². The van der Waals surface area contributed by atoms with Crippen LogP contribution in [0.2, 0.25) is 0 Å². The molecule has 2 heterocycles. The van der Waals surface area contributed by atoms with Gasteiger partial charge in [0.25, 0.3) is 11.6 Å². The molecule has 1 aromatic heterocycles. The van der Waals surface area contributed by atoms with Gasteiger partial charge in [0.05, 0.1) is 16.2 Å². The molecule has 2 N–H and O–H groups in total. The van der Waals surface area contributed by atoms with E-state index < -0.39 is 16.4 Å². The van der Waals surface area contributed by atoms with Crippen LogP contribution in [0.15, 0.2) is 47.3 Å². The summed E-state index contributed by atoms with van der Waals surface area (Å²) in [6, 6.07) is 9.76. The Hall–Kier alpha value is -3.75. The molecule has 3 aromatic rings. The maximum absolute atomic E-state index is 14.3. The molecule has 9 heteroatoms. The zero-order valence-electron chi connectivity index (χ0n) is 16.9. The molecule has 4 rings (SSSR count). The highest BCUT2D eigenvalue weighted by Gasteiger charge is 2.25. The molecule has 1 unspecified atom stereocenters. The summed E-state index contributed by atoms with van der Waals surface area (Å²) in [7, 11) is 0. The van der Waals surface area contributed by atoms with Gasteiger partial charge in [-0.2, -0.15) is 0 Å². The zero-order valence-corrected chi connectivity index (χ0v) is 16.9. The smallest absolute Gasteiger partial charge is 0.270 e. The van der Waals surface area contributed by atoms with Crippen LogP contribution in [0.3, 0.4) is 0 Å². The minimum absolute atomic E-state index is 0.0707. The molecule has 1 aliphatic rings. The van der Waals surface area contributed by atoms with Crippen molar-refractivity contribution in [3.63, 3.8) is 0 Å². The van der Waals surface area contributed by atoms with E-state index in [2.05, 4.69) is 10.3 Å². The highest BCUT2D eigenvalue weighted by atomic mass is 19.1. The third kappa shape index (κ3) is 4.25. The van der Waals surface area contributed by atoms with E-state index in [1.165, 1.54) is 24.3 Å². The number of aryl methyl sites for hydroxylation is 1. The van der Waals surface area contributed by atoms with Crippen LogP contribution in [-0.2, 0) is 0 Å². The van der Waals surface area contributed by atoms with Gasteiger partial charge in [-0.3, -0.25) is 19.7 Å². The van der Waals surface area contributed by atoms with Gasteiger partial charge in [-0.25, -0.2) is 4.39 Å². The molecule has 31 heavy (non-hydrogen) atoms. The van der Waals surface area contributed by atoms with Gasteiger partial charge < -0.3 is 15.2 Å². The van der Waals surface area contributed by atoms with Crippen molar-refractivity contribution in [1.29, 1.82) is 0 Å². The minimum atomic E-state index is -0.554. The molecule has 8 nitrogen and oxygen atoms in total. The topological polar surface area (TPSA) is 108 Å². The van der Waals surface area contributed by atoms with E-state index in [4.69, 9.17) is 0 Å². The standard InChI is InChI=1S/C22H21FN4O4/c1-13-4-6-18(23)20(9-13)26-8-2-3-14(12-26)24-22(29)17-11-21(28)25-19-7-5-15(27(30)31)10-16(17)19/h4-7,9-11,14H,2-3,8,12H2,1H3,(H,24,29)(H,25,28). The van der Waals surface area contributed by atoms with E-state index in [0.717, 1.165) is 18.1 Å². The summed E-state index contributed by atoms with van der Waals surface area (Å²) >= 11 is 0. The van der Waals surface area contributed by atoms with Gasteiger partial charge in [0.2, 0.25) is 5.56 Å². The first-order valence-electron chi connectivity index (χ1n) is 9.95. The lowest BCUT2D eigenvalue weighted by Crippen LogP contribution is -2.48. The number of rotatable bonds is 4. The molecular formula is C22H21FN4O4. The van der Waals surface area contributed by atoms with E-state index in [1.54, 1.807) is 12.1 Å². The highest BCUT2D eigenvalue weighted by Crippen LogP contribution is 2.25. The van der Waals surface area contributed by atoms with Crippen molar-refractivity contribution in [2.24, 2.45) is 0 Å². The van der Waals surface area contributed by atoms with Crippen LogP contribution in [0.1, 0.15) is 28.8 Å². The lowest BCUT2D eigenvalue weighted by atomic mass is 10.0. The number of nitrogens with zero attached hydrogens (tertiary/aromatic N) is 2. The predicted octanol–water partition coefficient (Wildman–Crippen LogP) is 3.28. The molecule has 1 amide bonds. The van der Waals surface area contributed by atoms with Crippen molar-refractivity contribution < 1.29 is 14.1 Å². The number of non-ortho nitro benzene ring substituents is 1. The highest BCUT2D eigenvalue weighted by molar-refractivity contribution is 6.06. The minimum Gasteiger partial charge on any atom is -0.367 e. The third-order valence-electron chi connectivity index (χ3n) is 5.48. The number of anilines is 1. The summed E-state index contributed by atoms with van der Waals surface area (Å²) in [6.07, 6.45) is 1.47. The van der Waals surface area contributed by atoms with Crippen LogP contribution in [0.5, 0.6) is 0 Å². The molecule has 0 bridgehead atoms. The van der Waals surface area contributed by atoms with Gasteiger partial charge in [-0.15, -0.1) is 0 Å². The largest absolute Gasteiger partial charge is 0.367 e. The number of amides is 1. The molecule has 0 saturated carbocycles. The maximum Gasteiger partial charge on any atom is 0.270 e. The van der Waals surface area contributed by atoms with Crippen molar-refractivity contribution in [3.8, 4) is 0 Å². The third-order valence-corrected chi connectivity index (χ3v) is 5.48. The van der Waals surface area contributed by atoms with Crippen LogP contribution < -0.4 is 15.8 Å². The van der Waals surface area contributed by atoms with E-state index in [9.17, 15) is 24.1 Å². The van der Waals surface area contributed by atoms with Gasteiger partial charge in [-0.1, -0.05) is 6.07 Å². The first kappa shape index (κ1) is 20.5. The fourth-order valence-electron chi connectivity index (χ4n) is 3.99. The monoisotopic (exact) mass is 424 g/mol. The molecule has 160 valence electrons. The fraction of sp³-hybridized carbons (Fsp3) is 0.273. The van der Waals surface area contributed by atoms with Gasteiger partial charge in [0.1, 0.15) is 5.82 Å². The first-order chi connectivity index (χ1) is 14.8. The normalized spacial score (nSPS) is 16.3. The quantitative estimate of drug-likeness (QED) is 0.494. The Morgan fingerprint density at radius 1 is 1.26 bits per heavy atom. The number of pyridine rings is 1. The van der Waals surface area contributed by atoms with E-state index in [1.807, 2.05) is 11.8 Å². The molecule has 1 fully saturated rings. The maximum atomic E-state index is 14.3. The Morgan fingerprint density at radius 3 is 2.84 bits per heavy atom. The second-order valence-corrected chi connectivity index (χ2v) is 7.75. The number of carbonyl (C=O) groups is 1. The van der Waals surface area contributed by atoms with E-state index in [-0.39, 0.29) is 23.1 Å². The second kappa shape index (κ2) is 8.17. The number of hydrogen-bond acceptors (Lipinski definition) is 5. The van der Waals surface area contributed by atoms with Gasteiger partial charge in [-0.05, 0) is 43.5 Å². The number of benzene rings is 2. The SMILES string of the molecule is Cc1ccc(F)c(N2CCCC(NC(=O)c3cc(=O)[nH]c4ccc([N+](=O)[O-])cc34)C2)c1. The second-order valence-electron chi connectivity index (χ2n) is 7.75. The number of nitro benzene ring substituents is 1. The number of nitro groups is 1. The fourth-order valence-corrected chi connectivity index (χ4v) is 3.99. The molecule has 1 saturated heterocycles. The summed E-state index contributed by atoms with van der Waals surface area (Å²) in [5, 5.41) is 14.3. The lowest BCUT2D eigenvalue weighted by Gasteiger charge is -2.35. The van der Waals surface area contributed by atoms with Crippen LogP contribution >= 0.6 is 0 Å². The van der Waals surface area contributed by atoms with E-state index >= 15 is 0 Å². The summed E-state index contributed by atoms with van der Waals surface area (Å²) in [6.45, 7) is 2.99. The molecular weight excluding hydrogens is 403 g/mol. The number of halogens is 1. The first-order valence-corrected chi connectivity index (χ1v) is 9.95. The number of carbonyl (C=O) groups excluding carboxylic acids is 1. The van der Waals surface area contributed by atoms with Gasteiger partial charge in [0, 0.05) is 48.2 Å². The summed E-state index contributed by atoms with van der Waals surface area (Å²) in [4.78, 5) is 40.1. The van der Waals surface area contributed by atoms with Crippen molar-refractivity contribution in [3.05, 3.63) is 79.9 Å². The van der Waals surface area contributed by atoms with Crippen molar-refractivity contribution in [2.75, 3.05) is 18.0 Å². The number of fused-ring (bicyclic) bond motifs is 1. The number of aromatic nitrogens is 1. The number of piperidine rings is 1. The van der Waals surface area contributed by atoms with Crippen molar-refractivity contribution >= 4 is 28.2 Å². The van der Waals surface area contributed by atoms with Crippen molar-refractivity contribution in [2.45, 2.75) is 25.8 Å². The average Bonchev–Trinajstić information content (AvgIpc) is 2.74. The van der Waals surface area contributed by atoms with Crippen LogP contribution in [-0.4, -0.2) is 34.9 Å². The van der Waals surface area contributed by atoms with Crippen LogP contribution in [0.25, 0.3) is 10.9 Å². The predicted molar refractivity (Wildman–Crippen MR) is 115 cm³/mol. The Labute approximate surface area is 176 Å². The number of nitrogens with one attached hydrogen (secondary N) is 2. The molecule has 1 atom stereocenters. The Morgan fingerprint density at radius 2 is 2.06 bits per heavy atom. The van der Waals surface area contributed by atoms with Gasteiger partial charge in [0.15, 0.2) is 0 Å². The number of aromatic amines is 1. The summed E-state index contributed by atoms with van der Waals surface area (Å²) < 4.78 is 14.3. The Kier molecular flexibility index (Phi) is 5.41. The lowest BCUT2D eigenvalue weighted by molar-refractivity contribution is -0.384. The molecule has 2 aromatic carbocycles. The number of hydrogen-bond donors (Lipinski definition) is 2. The zero-order chi connectivity index (χ0) is 22.1. The summed E-state index contributed by atoms with van der Waals surface area (Å²) in [5.41, 5.74) is 1.21.